The lowest BCUT2D eigenvalue weighted by atomic mass is 10.0. The van der Waals surface area contributed by atoms with Gasteiger partial charge in [0.15, 0.2) is 0 Å². The van der Waals surface area contributed by atoms with Crippen LogP contribution >= 0.6 is 0 Å². The first-order chi connectivity index (χ1) is 8.49. The molecule has 1 aromatic carbocycles. The Balaban J connectivity index is 3.20. The number of aliphatic hydroxyl groups is 3. The second kappa shape index (κ2) is 5.76. The molecule has 0 aromatic heterocycles. The minimum absolute atomic E-state index is 0.352. The Labute approximate surface area is 102 Å². The summed E-state index contributed by atoms with van der Waals surface area (Å²) in [5, 5.41) is 38.6. The number of carboxylic acid groups (broad SMARTS) is 1. The van der Waals surface area contributed by atoms with Crippen LogP contribution in [-0.4, -0.2) is 51.8 Å². The van der Waals surface area contributed by atoms with Gasteiger partial charge < -0.3 is 25.7 Å². The third-order valence-corrected chi connectivity index (χ3v) is 2.54. The molecule has 0 radical (unpaired) electrons. The molecule has 7 heteroatoms. The molecule has 0 saturated carbocycles. The quantitative estimate of drug-likeness (QED) is 0.478. The molecule has 0 amide bonds. The average Bonchev–Trinajstić information content (AvgIpc) is 2.37. The van der Waals surface area contributed by atoms with E-state index in [0.29, 0.717) is 0 Å². The summed E-state index contributed by atoms with van der Waals surface area (Å²) in [5.41, 5.74) is -2.33. The van der Waals surface area contributed by atoms with Crippen molar-refractivity contribution in [3.8, 4) is 0 Å². The van der Waals surface area contributed by atoms with Crippen LogP contribution in [0.1, 0.15) is 10.4 Å². The highest BCUT2D eigenvalue weighted by atomic mass is 19.1. The van der Waals surface area contributed by atoms with E-state index in [1.807, 2.05) is 0 Å². The Hall–Kier alpha value is -1.70. The molecule has 0 bridgehead atoms. The fourth-order valence-corrected chi connectivity index (χ4v) is 1.36. The van der Waals surface area contributed by atoms with Gasteiger partial charge in [-0.1, -0.05) is 6.07 Å². The Bertz CT molecular complexity index is 425. The summed E-state index contributed by atoms with van der Waals surface area (Å²) in [7, 11) is 0. The molecular formula is C11H14FNO5. The molecule has 0 unspecified atom stereocenters. The van der Waals surface area contributed by atoms with Gasteiger partial charge in [0.2, 0.25) is 0 Å². The zero-order valence-electron chi connectivity index (χ0n) is 9.43. The van der Waals surface area contributed by atoms with Crippen molar-refractivity contribution < 1.29 is 29.6 Å². The maximum absolute atomic E-state index is 13.6. The molecule has 0 atom stereocenters. The predicted molar refractivity (Wildman–Crippen MR) is 61.0 cm³/mol. The topological polar surface area (TPSA) is 110 Å². The number of carboxylic acids is 1. The second-order valence-corrected chi connectivity index (χ2v) is 3.85. The van der Waals surface area contributed by atoms with Gasteiger partial charge in [0.1, 0.15) is 11.4 Å². The van der Waals surface area contributed by atoms with Crippen LogP contribution < -0.4 is 5.32 Å². The first-order valence-electron chi connectivity index (χ1n) is 5.12. The second-order valence-electron chi connectivity index (χ2n) is 3.85. The number of nitrogens with one attached hydrogen (secondary N) is 1. The van der Waals surface area contributed by atoms with Gasteiger partial charge in [0.05, 0.1) is 31.1 Å². The number of carbonyl (C=O) groups is 1. The molecule has 0 aliphatic rings. The SMILES string of the molecule is O=C(O)c1cccc(F)c1NC(CO)(CO)CO. The highest BCUT2D eigenvalue weighted by molar-refractivity contribution is 5.94. The summed E-state index contributed by atoms with van der Waals surface area (Å²) in [5.74, 6) is -2.21. The Kier molecular flexibility index (Phi) is 4.60. The molecule has 6 nitrogen and oxygen atoms in total. The molecule has 1 rings (SSSR count). The van der Waals surface area contributed by atoms with Crippen molar-refractivity contribution >= 4 is 11.7 Å². The Morgan fingerprint density at radius 1 is 1.22 bits per heavy atom. The van der Waals surface area contributed by atoms with Gasteiger partial charge in [0.25, 0.3) is 0 Å². The molecule has 1 aromatic rings. The summed E-state index contributed by atoms with van der Waals surface area (Å²) in [6, 6.07) is 3.43. The van der Waals surface area contributed by atoms with Crippen LogP contribution in [0.25, 0.3) is 0 Å². The fraction of sp³-hybridized carbons (Fsp3) is 0.364. The van der Waals surface area contributed by atoms with Gasteiger partial charge in [-0.3, -0.25) is 0 Å². The minimum Gasteiger partial charge on any atom is -0.478 e. The fourth-order valence-electron chi connectivity index (χ4n) is 1.36. The van der Waals surface area contributed by atoms with E-state index in [2.05, 4.69) is 5.32 Å². The molecule has 0 heterocycles. The highest BCUT2D eigenvalue weighted by Gasteiger charge is 2.30. The largest absolute Gasteiger partial charge is 0.478 e. The van der Waals surface area contributed by atoms with Crippen LogP contribution in [0.3, 0.4) is 0 Å². The molecule has 5 N–H and O–H groups in total. The normalized spacial score (nSPS) is 11.3. The number of halogens is 1. The highest BCUT2D eigenvalue weighted by Crippen LogP contribution is 2.23. The van der Waals surface area contributed by atoms with Crippen LogP contribution in [0.15, 0.2) is 18.2 Å². The van der Waals surface area contributed by atoms with Crippen molar-refractivity contribution in [3.05, 3.63) is 29.6 Å². The number of hydrogen-bond acceptors (Lipinski definition) is 5. The maximum Gasteiger partial charge on any atom is 0.337 e. The number of benzene rings is 1. The summed E-state index contributed by atoms with van der Waals surface area (Å²) >= 11 is 0. The maximum atomic E-state index is 13.6. The molecule has 0 fully saturated rings. The molecule has 0 aliphatic heterocycles. The van der Waals surface area contributed by atoms with Gasteiger partial charge in [-0.2, -0.15) is 0 Å². The Morgan fingerprint density at radius 2 is 1.78 bits per heavy atom. The molecular weight excluding hydrogens is 245 g/mol. The molecule has 0 aliphatic carbocycles. The van der Waals surface area contributed by atoms with Crippen molar-refractivity contribution in [2.24, 2.45) is 0 Å². The number of aliphatic hydroxyl groups excluding tert-OH is 3. The van der Waals surface area contributed by atoms with Gasteiger partial charge in [-0.05, 0) is 12.1 Å². The molecule has 0 spiro atoms. The third kappa shape index (κ3) is 2.76. The zero-order valence-corrected chi connectivity index (χ0v) is 9.43. The standard InChI is InChI=1S/C11H14FNO5/c12-8-3-1-2-7(10(17)18)9(8)13-11(4-14,5-15)6-16/h1-3,13-16H,4-6H2,(H,17,18). The monoisotopic (exact) mass is 259 g/mol. The summed E-state index contributed by atoms with van der Waals surface area (Å²) in [4.78, 5) is 10.9. The number of para-hydroxylation sites is 1. The minimum atomic E-state index is -1.59. The van der Waals surface area contributed by atoms with Gasteiger partial charge >= 0.3 is 5.97 Å². The average molecular weight is 259 g/mol. The lowest BCUT2D eigenvalue weighted by Gasteiger charge is -2.30. The molecule has 100 valence electrons. The number of rotatable bonds is 6. The van der Waals surface area contributed by atoms with Crippen LogP contribution in [0.4, 0.5) is 10.1 Å². The third-order valence-electron chi connectivity index (χ3n) is 2.54. The smallest absolute Gasteiger partial charge is 0.337 e. The summed E-state index contributed by atoms with van der Waals surface area (Å²) in [6.45, 7) is -2.06. The van der Waals surface area contributed by atoms with E-state index in [1.165, 1.54) is 12.1 Å². The van der Waals surface area contributed by atoms with E-state index in [9.17, 15) is 9.18 Å². The van der Waals surface area contributed by atoms with Crippen molar-refractivity contribution in [2.45, 2.75) is 5.54 Å². The number of aromatic carboxylic acids is 1. The van der Waals surface area contributed by atoms with Crippen LogP contribution in [0, 0.1) is 5.82 Å². The van der Waals surface area contributed by atoms with Gasteiger partial charge in [-0.25, -0.2) is 9.18 Å². The van der Waals surface area contributed by atoms with E-state index >= 15 is 0 Å². The van der Waals surface area contributed by atoms with E-state index in [-0.39, 0.29) is 11.3 Å². The van der Waals surface area contributed by atoms with E-state index in [4.69, 9.17) is 20.4 Å². The van der Waals surface area contributed by atoms with Crippen LogP contribution in [0.5, 0.6) is 0 Å². The van der Waals surface area contributed by atoms with Crippen molar-refractivity contribution in [2.75, 3.05) is 25.1 Å². The molecule has 18 heavy (non-hydrogen) atoms. The number of hydrogen-bond donors (Lipinski definition) is 5. The van der Waals surface area contributed by atoms with Crippen LogP contribution in [0.2, 0.25) is 0 Å². The number of anilines is 1. The van der Waals surface area contributed by atoms with Crippen LogP contribution in [-0.2, 0) is 0 Å². The van der Waals surface area contributed by atoms with Crippen molar-refractivity contribution in [3.63, 3.8) is 0 Å². The van der Waals surface area contributed by atoms with Crippen molar-refractivity contribution in [1.82, 2.24) is 0 Å². The summed E-state index contributed by atoms with van der Waals surface area (Å²) in [6.07, 6.45) is 0. The lowest BCUT2D eigenvalue weighted by Crippen LogP contribution is -2.49. The first-order valence-corrected chi connectivity index (χ1v) is 5.12. The predicted octanol–water partition coefficient (Wildman–Crippen LogP) is -0.349. The van der Waals surface area contributed by atoms with Crippen molar-refractivity contribution in [1.29, 1.82) is 0 Å². The Morgan fingerprint density at radius 3 is 2.22 bits per heavy atom. The van der Waals surface area contributed by atoms with Gasteiger partial charge in [-0.15, -0.1) is 0 Å². The lowest BCUT2D eigenvalue weighted by molar-refractivity contribution is 0.0691. The molecule has 0 saturated heterocycles. The van der Waals surface area contributed by atoms with Gasteiger partial charge in [0, 0.05) is 0 Å². The summed E-state index contributed by atoms with van der Waals surface area (Å²) < 4.78 is 13.6. The van der Waals surface area contributed by atoms with E-state index in [0.717, 1.165) is 6.07 Å². The zero-order chi connectivity index (χ0) is 13.8. The van der Waals surface area contributed by atoms with E-state index < -0.39 is 37.1 Å². The first kappa shape index (κ1) is 14.4. The van der Waals surface area contributed by atoms with E-state index in [1.54, 1.807) is 0 Å².